The topological polar surface area (TPSA) is 37.9 Å². The van der Waals surface area contributed by atoms with Crippen molar-refractivity contribution in [2.24, 2.45) is 0 Å². The van der Waals surface area contributed by atoms with Crippen LogP contribution in [0.4, 0.5) is 0 Å². The van der Waals surface area contributed by atoms with Gasteiger partial charge in [0.15, 0.2) is 0 Å². The predicted molar refractivity (Wildman–Crippen MR) is 96.2 cm³/mol. The molecule has 0 bridgehead atoms. The molecule has 0 spiro atoms. The van der Waals surface area contributed by atoms with Crippen LogP contribution in [0.3, 0.4) is 0 Å². The fourth-order valence-corrected chi connectivity index (χ4v) is 3.75. The molecule has 1 N–H and O–H groups in total. The number of ether oxygens (including phenoxy) is 1. The Kier molecular flexibility index (Phi) is 3.13. The second-order valence-corrected chi connectivity index (χ2v) is 6.37. The highest BCUT2D eigenvalue weighted by Crippen LogP contribution is 2.34. The molecule has 0 atom stereocenters. The Morgan fingerprint density at radius 2 is 1.83 bits per heavy atom. The summed E-state index contributed by atoms with van der Waals surface area (Å²) in [6, 6.07) is 19.1. The Morgan fingerprint density at radius 1 is 1.00 bits per heavy atom. The third-order valence-electron chi connectivity index (χ3n) is 4.86. The van der Waals surface area contributed by atoms with Crippen LogP contribution in [0.1, 0.15) is 22.5 Å². The molecule has 24 heavy (non-hydrogen) atoms. The first-order chi connectivity index (χ1) is 11.9. The van der Waals surface area contributed by atoms with Gasteiger partial charge in [-0.25, -0.2) is 0 Å². The van der Waals surface area contributed by atoms with E-state index < -0.39 is 0 Å². The largest absolute Gasteiger partial charge is 0.375 e. The van der Waals surface area contributed by atoms with Crippen LogP contribution in [-0.2, 0) is 24.2 Å². The molecule has 3 heteroatoms. The van der Waals surface area contributed by atoms with Gasteiger partial charge in [-0.05, 0) is 23.6 Å². The van der Waals surface area contributed by atoms with Crippen LogP contribution in [0.5, 0.6) is 0 Å². The van der Waals surface area contributed by atoms with E-state index in [1.807, 2.05) is 0 Å². The molecule has 0 saturated carbocycles. The van der Waals surface area contributed by atoms with Gasteiger partial charge in [-0.2, -0.15) is 0 Å². The maximum atomic E-state index is 5.67. The lowest BCUT2D eigenvalue weighted by atomic mass is 9.98. The van der Waals surface area contributed by atoms with Crippen LogP contribution < -0.4 is 0 Å². The minimum absolute atomic E-state index is 0.618. The number of nitrogens with zero attached hydrogens (tertiary/aromatic N) is 1. The molecule has 1 aliphatic rings. The minimum atomic E-state index is 0.618. The lowest BCUT2D eigenvalue weighted by Crippen LogP contribution is -2.13. The Hall–Kier alpha value is -2.65. The zero-order chi connectivity index (χ0) is 15.9. The summed E-state index contributed by atoms with van der Waals surface area (Å²) < 4.78 is 5.67. The monoisotopic (exact) mass is 314 g/mol. The number of benzene rings is 2. The van der Waals surface area contributed by atoms with Gasteiger partial charge >= 0.3 is 0 Å². The van der Waals surface area contributed by atoms with Gasteiger partial charge in [-0.3, -0.25) is 4.98 Å². The first-order valence-corrected chi connectivity index (χ1v) is 8.43. The highest BCUT2D eigenvalue weighted by Gasteiger charge is 2.20. The van der Waals surface area contributed by atoms with Crippen LogP contribution in [0.2, 0.25) is 0 Å². The third kappa shape index (κ3) is 2.13. The van der Waals surface area contributed by atoms with Gasteiger partial charge < -0.3 is 9.72 Å². The molecule has 2 aromatic carbocycles. The van der Waals surface area contributed by atoms with E-state index in [-0.39, 0.29) is 0 Å². The first-order valence-electron chi connectivity index (χ1n) is 8.43. The molecule has 4 aromatic rings. The number of fused-ring (bicyclic) bond motifs is 5. The van der Waals surface area contributed by atoms with Gasteiger partial charge in [0.1, 0.15) is 0 Å². The molecule has 0 fully saturated rings. The molecule has 3 heterocycles. The van der Waals surface area contributed by atoms with Crippen LogP contribution in [0.25, 0.3) is 21.8 Å². The number of hydrogen-bond donors (Lipinski definition) is 1. The number of aromatic nitrogens is 2. The van der Waals surface area contributed by atoms with Crippen molar-refractivity contribution in [2.45, 2.75) is 19.4 Å². The van der Waals surface area contributed by atoms with E-state index in [2.05, 4.69) is 59.6 Å². The van der Waals surface area contributed by atoms with E-state index in [0.29, 0.717) is 6.61 Å². The van der Waals surface area contributed by atoms with E-state index in [4.69, 9.17) is 9.72 Å². The molecule has 1 aliphatic heterocycles. The standard InChI is InChI=1S/C21H18N2O/c1-2-6-14(7-3-1)12-18-21-20(15-8-4-5-9-17(15)23-21)16-10-11-24-13-19(16)22-18/h1-9,23H,10-13H2. The van der Waals surface area contributed by atoms with Crippen molar-refractivity contribution in [3.05, 3.63) is 77.1 Å². The van der Waals surface area contributed by atoms with Gasteiger partial charge in [0, 0.05) is 22.7 Å². The van der Waals surface area contributed by atoms with Crippen LogP contribution in [0, 0.1) is 0 Å². The summed E-state index contributed by atoms with van der Waals surface area (Å²) in [7, 11) is 0. The molecule has 0 amide bonds. The summed E-state index contributed by atoms with van der Waals surface area (Å²) in [5, 5.41) is 2.63. The van der Waals surface area contributed by atoms with Gasteiger partial charge in [0.25, 0.3) is 0 Å². The van der Waals surface area contributed by atoms with Crippen molar-refractivity contribution in [1.29, 1.82) is 0 Å². The normalized spacial score (nSPS) is 14.2. The van der Waals surface area contributed by atoms with E-state index in [1.54, 1.807) is 0 Å². The minimum Gasteiger partial charge on any atom is -0.375 e. The third-order valence-corrected chi connectivity index (χ3v) is 4.86. The maximum Gasteiger partial charge on any atom is 0.0891 e. The van der Waals surface area contributed by atoms with Crippen molar-refractivity contribution >= 4 is 21.8 Å². The quantitative estimate of drug-likeness (QED) is 0.596. The number of para-hydroxylation sites is 1. The summed E-state index contributed by atoms with van der Waals surface area (Å²) in [6.07, 6.45) is 1.77. The molecule has 0 unspecified atom stereocenters. The Bertz CT molecular complexity index is 1030. The number of pyridine rings is 1. The van der Waals surface area contributed by atoms with E-state index in [1.165, 1.54) is 32.9 Å². The Labute approximate surface area is 140 Å². The molecule has 0 saturated heterocycles. The smallest absolute Gasteiger partial charge is 0.0891 e. The van der Waals surface area contributed by atoms with Crippen LogP contribution in [0.15, 0.2) is 54.6 Å². The summed E-state index contributed by atoms with van der Waals surface area (Å²) >= 11 is 0. The number of H-pyrrole nitrogens is 1. The molecular formula is C21H18N2O. The van der Waals surface area contributed by atoms with Crippen molar-refractivity contribution in [2.75, 3.05) is 6.61 Å². The molecule has 5 rings (SSSR count). The Balaban J connectivity index is 1.80. The zero-order valence-electron chi connectivity index (χ0n) is 13.4. The van der Waals surface area contributed by atoms with Gasteiger partial charge in [0.05, 0.1) is 30.1 Å². The van der Waals surface area contributed by atoms with Gasteiger partial charge in [0.2, 0.25) is 0 Å². The van der Waals surface area contributed by atoms with E-state index in [9.17, 15) is 0 Å². The molecule has 2 aromatic heterocycles. The first kappa shape index (κ1) is 13.8. The lowest BCUT2D eigenvalue weighted by molar-refractivity contribution is 0.108. The number of nitrogens with one attached hydrogen (secondary N) is 1. The summed E-state index contributed by atoms with van der Waals surface area (Å²) in [5.74, 6) is 0. The second-order valence-electron chi connectivity index (χ2n) is 6.37. The number of rotatable bonds is 2. The zero-order valence-corrected chi connectivity index (χ0v) is 13.4. The predicted octanol–water partition coefficient (Wildman–Crippen LogP) is 4.38. The van der Waals surface area contributed by atoms with Gasteiger partial charge in [-0.1, -0.05) is 48.5 Å². The average molecular weight is 314 g/mol. The summed E-state index contributed by atoms with van der Waals surface area (Å²) in [4.78, 5) is 8.59. The molecule has 0 aliphatic carbocycles. The molecule has 118 valence electrons. The van der Waals surface area contributed by atoms with Crippen LogP contribution >= 0.6 is 0 Å². The SMILES string of the molecule is c1ccc(Cc2nc3c(c4c2[nH]c2ccccc24)CCOC3)cc1. The van der Waals surface area contributed by atoms with Gasteiger partial charge in [-0.15, -0.1) is 0 Å². The van der Waals surface area contributed by atoms with Crippen molar-refractivity contribution in [3.8, 4) is 0 Å². The highest BCUT2D eigenvalue weighted by atomic mass is 16.5. The lowest BCUT2D eigenvalue weighted by Gasteiger charge is -2.18. The molecule has 3 nitrogen and oxygen atoms in total. The summed E-state index contributed by atoms with van der Waals surface area (Å²) in [6.45, 7) is 1.40. The van der Waals surface area contributed by atoms with Crippen LogP contribution in [-0.4, -0.2) is 16.6 Å². The van der Waals surface area contributed by atoms with E-state index >= 15 is 0 Å². The van der Waals surface area contributed by atoms with E-state index in [0.717, 1.165) is 30.8 Å². The number of hydrogen-bond acceptors (Lipinski definition) is 2. The van der Waals surface area contributed by atoms with Crippen molar-refractivity contribution < 1.29 is 4.74 Å². The fourth-order valence-electron chi connectivity index (χ4n) is 3.75. The molecule has 0 radical (unpaired) electrons. The van der Waals surface area contributed by atoms with Crippen molar-refractivity contribution in [3.63, 3.8) is 0 Å². The second kappa shape index (κ2) is 5.46. The Morgan fingerprint density at radius 3 is 2.75 bits per heavy atom. The number of aromatic amines is 1. The fraction of sp³-hybridized carbons (Fsp3) is 0.190. The molecular weight excluding hydrogens is 296 g/mol. The van der Waals surface area contributed by atoms with Crippen molar-refractivity contribution in [1.82, 2.24) is 9.97 Å². The highest BCUT2D eigenvalue weighted by molar-refractivity contribution is 6.10. The summed E-state index contributed by atoms with van der Waals surface area (Å²) in [5.41, 5.74) is 7.21. The maximum absolute atomic E-state index is 5.67. The average Bonchev–Trinajstić information content (AvgIpc) is 3.03.